The third-order valence-corrected chi connectivity index (χ3v) is 5.51. The van der Waals surface area contributed by atoms with E-state index in [0.29, 0.717) is 24.7 Å². The number of hydrogen-bond donors (Lipinski definition) is 1. The molecule has 2 fully saturated rings. The molecule has 0 aliphatic heterocycles. The molecule has 0 radical (unpaired) electrons. The summed E-state index contributed by atoms with van der Waals surface area (Å²) in [6, 6.07) is 0.699. The van der Waals surface area contributed by atoms with Crippen LogP contribution in [0.3, 0.4) is 0 Å². The molecule has 0 bridgehead atoms. The van der Waals surface area contributed by atoms with Gasteiger partial charge in [-0.3, -0.25) is 0 Å². The second-order valence-electron chi connectivity index (χ2n) is 7.01. The van der Waals surface area contributed by atoms with Gasteiger partial charge in [-0.1, -0.05) is 19.8 Å². The molecule has 0 aromatic carbocycles. The summed E-state index contributed by atoms with van der Waals surface area (Å²) >= 11 is 0. The fourth-order valence-corrected chi connectivity index (χ4v) is 3.83. The summed E-state index contributed by atoms with van der Waals surface area (Å²) in [7, 11) is 2.23. The standard InChI is InChI=1S/C17H33NO2/c1-14-5-3-4-6-17(14)20-12-11-18(2)16-9-7-15(13-19)8-10-16/h14-17,19H,3-13H2,1-2H3. The van der Waals surface area contributed by atoms with Crippen LogP contribution in [-0.2, 0) is 4.74 Å². The first-order chi connectivity index (χ1) is 9.70. The number of rotatable bonds is 6. The van der Waals surface area contributed by atoms with Crippen molar-refractivity contribution in [1.29, 1.82) is 0 Å². The highest BCUT2D eigenvalue weighted by Crippen LogP contribution is 2.28. The molecule has 2 unspecified atom stereocenters. The lowest BCUT2D eigenvalue weighted by Crippen LogP contribution is -2.38. The van der Waals surface area contributed by atoms with E-state index in [9.17, 15) is 5.11 Å². The molecule has 2 saturated carbocycles. The van der Waals surface area contributed by atoms with Crippen LogP contribution in [-0.4, -0.2) is 49.0 Å². The zero-order valence-corrected chi connectivity index (χ0v) is 13.4. The van der Waals surface area contributed by atoms with Gasteiger partial charge in [0.05, 0.1) is 12.7 Å². The van der Waals surface area contributed by atoms with Crippen molar-refractivity contribution in [2.45, 2.75) is 70.4 Å². The van der Waals surface area contributed by atoms with Crippen LogP contribution in [0.15, 0.2) is 0 Å². The summed E-state index contributed by atoms with van der Waals surface area (Å²) < 4.78 is 6.12. The number of aliphatic hydroxyl groups is 1. The molecule has 2 aliphatic rings. The number of ether oxygens (including phenoxy) is 1. The molecule has 2 atom stereocenters. The summed E-state index contributed by atoms with van der Waals surface area (Å²) in [4.78, 5) is 2.47. The van der Waals surface area contributed by atoms with E-state index >= 15 is 0 Å². The van der Waals surface area contributed by atoms with Gasteiger partial charge in [-0.15, -0.1) is 0 Å². The molecule has 0 saturated heterocycles. The molecule has 20 heavy (non-hydrogen) atoms. The van der Waals surface area contributed by atoms with Gasteiger partial charge < -0.3 is 14.7 Å². The van der Waals surface area contributed by atoms with Crippen LogP contribution in [0.2, 0.25) is 0 Å². The Hall–Kier alpha value is -0.120. The van der Waals surface area contributed by atoms with E-state index in [0.717, 1.165) is 19.1 Å². The molecule has 0 amide bonds. The van der Waals surface area contributed by atoms with E-state index in [1.165, 1.54) is 51.4 Å². The van der Waals surface area contributed by atoms with Gasteiger partial charge in [-0.05, 0) is 57.4 Å². The smallest absolute Gasteiger partial charge is 0.0601 e. The van der Waals surface area contributed by atoms with Crippen molar-refractivity contribution in [1.82, 2.24) is 4.90 Å². The van der Waals surface area contributed by atoms with Crippen LogP contribution in [0, 0.1) is 11.8 Å². The fourth-order valence-electron chi connectivity index (χ4n) is 3.83. The first kappa shape index (κ1) is 16.3. The highest BCUT2D eigenvalue weighted by molar-refractivity contribution is 4.78. The van der Waals surface area contributed by atoms with Crippen molar-refractivity contribution in [2.75, 3.05) is 26.8 Å². The fraction of sp³-hybridized carbons (Fsp3) is 1.00. The van der Waals surface area contributed by atoms with Crippen molar-refractivity contribution in [2.24, 2.45) is 11.8 Å². The molecular formula is C17H33NO2. The van der Waals surface area contributed by atoms with Crippen molar-refractivity contribution in [3.63, 3.8) is 0 Å². The Bertz CT molecular complexity index is 264. The number of nitrogens with zero attached hydrogens (tertiary/aromatic N) is 1. The van der Waals surface area contributed by atoms with E-state index in [1.807, 2.05) is 0 Å². The van der Waals surface area contributed by atoms with Crippen LogP contribution < -0.4 is 0 Å². The van der Waals surface area contributed by atoms with Gasteiger partial charge >= 0.3 is 0 Å². The topological polar surface area (TPSA) is 32.7 Å². The molecule has 0 spiro atoms. The lowest BCUT2D eigenvalue weighted by Gasteiger charge is -2.35. The monoisotopic (exact) mass is 283 g/mol. The molecule has 3 heteroatoms. The molecule has 0 aromatic rings. The quantitative estimate of drug-likeness (QED) is 0.813. The first-order valence-electron chi connectivity index (χ1n) is 8.63. The summed E-state index contributed by atoms with van der Waals surface area (Å²) in [5, 5.41) is 9.19. The highest BCUT2D eigenvalue weighted by Gasteiger charge is 2.24. The van der Waals surface area contributed by atoms with Gasteiger partial charge in [0.25, 0.3) is 0 Å². The van der Waals surface area contributed by atoms with Crippen LogP contribution in [0.1, 0.15) is 58.3 Å². The number of aliphatic hydroxyl groups excluding tert-OH is 1. The maximum absolute atomic E-state index is 9.19. The summed E-state index contributed by atoms with van der Waals surface area (Å²) in [6.45, 7) is 4.64. The minimum atomic E-state index is 0.374. The lowest BCUT2D eigenvalue weighted by atomic mass is 9.86. The predicted molar refractivity (Wildman–Crippen MR) is 82.8 cm³/mol. The average molecular weight is 283 g/mol. The highest BCUT2D eigenvalue weighted by atomic mass is 16.5. The Morgan fingerprint density at radius 1 is 1.05 bits per heavy atom. The molecule has 3 nitrogen and oxygen atoms in total. The Morgan fingerprint density at radius 3 is 2.40 bits per heavy atom. The normalized spacial score (nSPS) is 35.4. The van der Waals surface area contributed by atoms with Crippen molar-refractivity contribution in [3.8, 4) is 0 Å². The van der Waals surface area contributed by atoms with Crippen LogP contribution in [0.4, 0.5) is 0 Å². The molecule has 0 aromatic heterocycles. The molecule has 0 heterocycles. The van der Waals surface area contributed by atoms with Crippen molar-refractivity contribution in [3.05, 3.63) is 0 Å². The van der Waals surface area contributed by atoms with Crippen LogP contribution >= 0.6 is 0 Å². The Labute approximate surface area is 124 Å². The number of hydrogen-bond acceptors (Lipinski definition) is 3. The third kappa shape index (κ3) is 4.71. The Morgan fingerprint density at radius 2 is 1.75 bits per heavy atom. The van der Waals surface area contributed by atoms with E-state index in [2.05, 4.69) is 18.9 Å². The van der Waals surface area contributed by atoms with Crippen molar-refractivity contribution >= 4 is 0 Å². The summed E-state index contributed by atoms with van der Waals surface area (Å²) in [5.74, 6) is 1.30. The Balaban J connectivity index is 1.61. The molecular weight excluding hydrogens is 250 g/mol. The van der Waals surface area contributed by atoms with Gasteiger partial charge in [0, 0.05) is 19.2 Å². The second kappa shape index (κ2) is 8.35. The lowest BCUT2D eigenvalue weighted by molar-refractivity contribution is -0.0173. The van der Waals surface area contributed by atoms with Crippen LogP contribution in [0.5, 0.6) is 0 Å². The molecule has 1 N–H and O–H groups in total. The summed E-state index contributed by atoms with van der Waals surface area (Å²) in [5.41, 5.74) is 0. The number of likely N-dealkylation sites (N-methyl/N-ethyl adjacent to an activating group) is 1. The van der Waals surface area contributed by atoms with Gasteiger partial charge in [-0.25, -0.2) is 0 Å². The minimum absolute atomic E-state index is 0.374. The van der Waals surface area contributed by atoms with E-state index in [4.69, 9.17) is 4.74 Å². The molecule has 118 valence electrons. The van der Waals surface area contributed by atoms with Gasteiger partial charge in [0.15, 0.2) is 0 Å². The third-order valence-electron chi connectivity index (χ3n) is 5.51. The van der Waals surface area contributed by atoms with Crippen LogP contribution in [0.25, 0.3) is 0 Å². The van der Waals surface area contributed by atoms with E-state index in [-0.39, 0.29) is 0 Å². The van der Waals surface area contributed by atoms with E-state index in [1.54, 1.807) is 0 Å². The zero-order valence-electron chi connectivity index (χ0n) is 13.4. The maximum atomic E-state index is 9.19. The van der Waals surface area contributed by atoms with Gasteiger partial charge in [0.2, 0.25) is 0 Å². The maximum Gasteiger partial charge on any atom is 0.0601 e. The molecule has 2 aliphatic carbocycles. The van der Waals surface area contributed by atoms with Crippen molar-refractivity contribution < 1.29 is 9.84 Å². The van der Waals surface area contributed by atoms with Gasteiger partial charge in [0.1, 0.15) is 0 Å². The van der Waals surface area contributed by atoms with E-state index < -0.39 is 0 Å². The Kier molecular flexibility index (Phi) is 6.79. The van der Waals surface area contributed by atoms with Gasteiger partial charge in [-0.2, -0.15) is 0 Å². The summed E-state index contributed by atoms with van der Waals surface area (Å²) in [6.07, 6.45) is 10.7. The largest absolute Gasteiger partial charge is 0.396 e. The minimum Gasteiger partial charge on any atom is -0.396 e. The first-order valence-corrected chi connectivity index (χ1v) is 8.63. The molecule has 2 rings (SSSR count). The predicted octanol–water partition coefficient (Wildman–Crippen LogP) is 3.06. The average Bonchev–Trinajstić information content (AvgIpc) is 2.49. The SMILES string of the molecule is CC1CCCCC1OCCN(C)C1CCC(CO)CC1. The second-order valence-corrected chi connectivity index (χ2v) is 7.01. The zero-order chi connectivity index (χ0) is 14.4.